The van der Waals surface area contributed by atoms with Crippen molar-refractivity contribution < 1.29 is 13.2 Å². The summed E-state index contributed by atoms with van der Waals surface area (Å²) in [5, 5.41) is 2.60. The zero-order valence-corrected chi connectivity index (χ0v) is 12.8. The first-order valence-corrected chi connectivity index (χ1v) is 8.22. The molecule has 0 aliphatic heterocycles. The van der Waals surface area contributed by atoms with E-state index in [0.29, 0.717) is 10.0 Å². The van der Waals surface area contributed by atoms with Crippen molar-refractivity contribution in [3.05, 3.63) is 33.8 Å². The van der Waals surface area contributed by atoms with Crippen molar-refractivity contribution in [1.82, 2.24) is 5.32 Å². The first-order valence-electron chi connectivity index (χ1n) is 5.60. The Morgan fingerprint density at radius 1 is 1.39 bits per heavy atom. The summed E-state index contributed by atoms with van der Waals surface area (Å²) in [5.41, 5.74) is 1.56. The summed E-state index contributed by atoms with van der Waals surface area (Å²) in [7, 11) is -3.04. The van der Waals surface area contributed by atoms with Crippen LogP contribution in [0.5, 0.6) is 0 Å². The number of nitrogens with one attached hydrogen (secondary N) is 1. The van der Waals surface area contributed by atoms with Crippen LogP contribution in [0.3, 0.4) is 0 Å². The Morgan fingerprint density at radius 2 is 2.06 bits per heavy atom. The zero-order chi connectivity index (χ0) is 13.8. The first kappa shape index (κ1) is 15.2. The molecule has 0 saturated carbocycles. The molecule has 1 N–H and O–H groups in total. The Morgan fingerprint density at radius 3 is 2.61 bits per heavy atom. The van der Waals surface area contributed by atoms with Gasteiger partial charge < -0.3 is 5.32 Å². The van der Waals surface area contributed by atoms with E-state index in [9.17, 15) is 13.2 Å². The van der Waals surface area contributed by atoms with Crippen LogP contribution in [0.15, 0.2) is 22.7 Å². The van der Waals surface area contributed by atoms with Gasteiger partial charge in [-0.1, -0.05) is 13.0 Å². The summed E-state index contributed by atoms with van der Waals surface area (Å²) in [4.78, 5) is 11.8. The van der Waals surface area contributed by atoms with Crippen LogP contribution in [0.25, 0.3) is 0 Å². The summed E-state index contributed by atoms with van der Waals surface area (Å²) in [6.07, 6.45) is 0. The van der Waals surface area contributed by atoms with Crippen LogP contribution in [0, 0.1) is 6.92 Å². The second-order valence-electron chi connectivity index (χ2n) is 3.98. The maximum absolute atomic E-state index is 11.8. The molecule has 1 aromatic carbocycles. The topological polar surface area (TPSA) is 63.2 Å². The summed E-state index contributed by atoms with van der Waals surface area (Å²) in [6.45, 7) is 3.66. The molecule has 0 heterocycles. The molecule has 1 rings (SSSR count). The number of sulfone groups is 1. The van der Waals surface area contributed by atoms with Gasteiger partial charge in [0.15, 0.2) is 9.84 Å². The number of carbonyl (C=O) groups excluding carboxylic acids is 1. The van der Waals surface area contributed by atoms with Gasteiger partial charge >= 0.3 is 0 Å². The van der Waals surface area contributed by atoms with Crippen LogP contribution in [-0.2, 0) is 9.84 Å². The van der Waals surface area contributed by atoms with Gasteiger partial charge in [0, 0.05) is 16.8 Å². The molecule has 0 aliphatic carbocycles. The number of hydrogen-bond acceptors (Lipinski definition) is 3. The monoisotopic (exact) mass is 333 g/mol. The van der Waals surface area contributed by atoms with E-state index >= 15 is 0 Å². The lowest BCUT2D eigenvalue weighted by Gasteiger charge is -2.07. The highest BCUT2D eigenvalue weighted by Crippen LogP contribution is 2.18. The molecular weight excluding hydrogens is 318 g/mol. The minimum absolute atomic E-state index is 0.0290. The number of rotatable bonds is 5. The third-order valence-corrected chi connectivity index (χ3v) is 4.87. The Kier molecular flexibility index (Phi) is 5.34. The van der Waals surface area contributed by atoms with E-state index in [-0.39, 0.29) is 24.0 Å². The molecule has 100 valence electrons. The van der Waals surface area contributed by atoms with E-state index in [0.717, 1.165) is 5.56 Å². The molecule has 0 atom stereocenters. The summed E-state index contributed by atoms with van der Waals surface area (Å²) >= 11 is 3.31. The third-order valence-electron chi connectivity index (χ3n) is 2.51. The Balaban J connectivity index is 2.61. The average Bonchev–Trinajstić information content (AvgIpc) is 2.28. The van der Waals surface area contributed by atoms with Crippen molar-refractivity contribution in [2.45, 2.75) is 13.8 Å². The fourth-order valence-corrected chi connectivity index (χ4v) is 2.74. The van der Waals surface area contributed by atoms with Gasteiger partial charge in [-0.2, -0.15) is 0 Å². The second-order valence-corrected chi connectivity index (χ2v) is 7.30. The SMILES string of the molecule is CCS(=O)(=O)CCNC(=O)c1ccc(C)cc1Br. The highest BCUT2D eigenvalue weighted by molar-refractivity contribution is 9.10. The highest BCUT2D eigenvalue weighted by Gasteiger charge is 2.11. The van der Waals surface area contributed by atoms with E-state index < -0.39 is 9.84 Å². The van der Waals surface area contributed by atoms with Crippen molar-refractivity contribution in [3.63, 3.8) is 0 Å². The molecule has 0 bridgehead atoms. The lowest BCUT2D eigenvalue weighted by molar-refractivity contribution is 0.0955. The molecule has 0 aliphatic rings. The van der Waals surface area contributed by atoms with Crippen molar-refractivity contribution in [1.29, 1.82) is 0 Å². The quantitative estimate of drug-likeness (QED) is 0.895. The van der Waals surface area contributed by atoms with E-state index in [1.165, 1.54) is 0 Å². The molecule has 1 aromatic rings. The molecular formula is C12H16BrNO3S. The second kappa shape index (κ2) is 6.33. The predicted octanol–water partition coefficient (Wildman–Crippen LogP) is 1.92. The molecule has 1 amide bonds. The molecule has 6 heteroatoms. The first-order chi connectivity index (χ1) is 8.35. The van der Waals surface area contributed by atoms with Gasteiger partial charge in [-0.3, -0.25) is 4.79 Å². The van der Waals surface area contributed by atoms with Crippen molar-refractivity contribution in [2.24, 2.45) is 0 Å². The Bertz CT molecular complexity index is 540. The Hall–Kier alpha value is -0.880. The van der Waals surface area contributed by atoms with Gasteiger partial charge in [-0.05, 0) is 40.5 Å². The fourth-order valence-electron chi connectivity index (χ4n) is 1.36. The predicted molar refractivity (Wildman–Crippen MR) is 75.5 cm³/mol. The van der Waals surface area contributed by atoms with E-state index in [4.69, 9.17) is 0 Å². The minimum atomic E-state index is -3.04. The van der Waals surface area contributed by atoms with Crippen molar-refractivity contribution >= 4 is 31.7 Å². The summed E-state index contributed by atoms with van der Waals surface area (Å²) < 4.78 is 23.2. The lowest BCUT2D eigenvalue weighted by atomic mass is 10.1. The number of halogens is 1. The maximum atomic E-state index is 11.8. The minimum Gasteiger partial charge on any atom is -0.351 e. The molecule has 0 saturated heterocycles. The fraction of sp³-hybridized carbons (Fsp3) is 0.417. The zero-order valence-electron chi connectivity index (χ0n) is 10.4. The lowest BCUT2D eigenvalue weighted by Crippen LogP contribution is -2.29. The van der Waals surface area contributed by atoms with Gasteiger partial charge in [0.1, 0.15) is 0 Å². The molecule has 4 nitrogen and oxygen atoms in total. The number of amides is 1. The van der Waals surface area contributed by atoms with Crippen LogP contribution in [0.4, 0.5) is 0 Å². The van der Waals surface area contributed by atoms with Crippen LogP contribution in [-0.4, -0.2) is 32.4 Å². The van der Waals surface area contributed by atoms with Crippen LogP contribution in [0.1, 0.15) is 22.8 Å². The largest absolute Gasteiger partial charge is 0.351 e. The molecule has 0 fully saturated rings. The summed E-state index contributed by atoms with van der Waals surface area (Å²) in [6, 6.07) is 5.39. The van der Waals surface area contributed by atoms with Crippen molar-refractivity contribution in [3.8, 4) is 0 Å². The number of benzene rings is 1. The van der Waals surface area contributed by atoms with E-state index in [1.807, 2.05) is 19.1 Å². The molecule has 0 aromatic heterocycles. The third kappa shape index (κ3) is 4.42. The van der Waals surface area contributed by atoms with Gasteiger partial charge in [0.25, 0.3) is 5.91 Å². The smallest absolute Gasteiger partial charge is 0.252 e. The average molecular weight is 334 g/mol. The number of aryl methyl sites for hydroxylation is 1. The molecule has 18 heavy (non-hydrogen) atoms. The standard InChI is InChI=1S/C12H16BrNO3S/c1-3-18(16,17)7-6-14-12(15)10-5-4-9(2)8-11(10)13/h4-5,8H,3,6-7H2,1-2H3,(H,14,15). The van der Waals surface area contributed by atoms with E-state index in [1.54, 1.807) is 13.0 Å². The molecule has 0 spiro atoms. The molecule has 0 radical (unpaired) electrons. The Labute approximate surface area is 116 Å². The van der Waals surface area contributed by atoms with Gasteiger partial charge in [0.2, 0.25) is 0 Å². The number of carbonyl (C=O) groups is 1. The van der Waals surface area contributed by atoms with Crippen LogP contribution in [0.2, 0.25) is 0 Å². The highest BCUT2D eigenvalue weighted by atomic mass is 79.9. The van der Waals surface area contributed by atoms with Gasteiger partial charge in [-0.15, -0.1) is 0 Å². The van der Waals surface area contributed by atoms with Crippen LogP contribution < -0.4 is 5.32 Å². The number of hydrogen-bond donors (Lipinski definition) is 1. The van der Waals surface area contributed by atoms with Gasteiger partial charge in [-0.25, -0.2) is 8.42 Å². The normalized spacial score (nSPS) is 11.3. The molecule has 0 unspecified atom stereocenters. The van der Waals surface area contributed by atoms with Crippen molar-refractivity contribution in [2.75, 3.05) is 18.1 Å². The van der Waals surface area contributed by atoms with Gasteiger partial charge in [0.05, 0.1) is 11.3 Å². The van der Waals surface area contributed by atoms with E-state index in [2.05, 4.69) is 21.2 Å². The van der Waals surface area contributed by atoms with Crippen LogP contribution >= 0.6 is 15.9 Å². The maximum Gasteiger partial charge on any atom is 0.252 e. The summed E-state index contributed by atoms with van der Waals surface area (Å²) in [5.74, 6) is -0.205.